The zero-order valence-electron chi connectivity index (χ0n) is 20.8. The molecule has 3 aliphatic heterocycles. The maximum absolute atomic E-state index is 14.2. The number of halogens is 1. The van der Waals surface area contributed by atoms with Gasteiger partial charge in [-0.25, -0.2) is 4.90 Å². The van der Waals surface area contributed by atoms with Crippen LogP contribution in [0.2, 0.25) is 0 Å². The average Bonchev–Trinajstić information content (AvgIpc) is 3.44. The number of aryl methyl sites for hydroxylation is 1. The van der Waals surface area contributed by atoms with E-state index in [-0.39, 0.29) is 18.4 Å². The molecule has 3 aromatic carbocycles. The summed E-state index contributed by atoms with van der Waals surface area (Å²) in [4.78, 5) is 57.4. The van der Waals surface area contributed by atoms with Crippen LogP contribution in [0.5, 0.6) is 0 Å². The zero-order chi connectivity index (χ0) is 26.8. The van der Waals surface area contributed by atoms with Gasteiger partial charge in [0.25, 0.3) is 5.91 Å². The fourth-order valence-corrected chi connectivity index (χ4v) is 6.36. The first kappa shape index (κ1) is 24.5. The highest BCUT2D eigenvalue weighted by atomic mass is 79.9. The number of imide groups is 1. The summed E-state index contributed by atoms with van der Waals surface area (Å²) in [6, 6.07) is 21.1. The summed E-state index contributed by atoms with van der Waals surface area (Å²) in [6.45, 7) is 3.56. The fourth-order valence-electron chi connectivity index (χ4n) is 6.09. The second-order valence-electron chi connectivity index (χ2n) is 10.1. The van der Waals surface area contributed by atoms with E-state index in [2.05, 4.69) is 26.6 Å². The molecular weight excluding hydrogens is 548 g/mol. The Balaban J connectivity index is 1.36. The van der Waals surface area contributed by atoms with E-state index in [0.29, 0.717) is 22.6 Å². The first-order valence-electron chi connectivity index (χ1n) is 12.4. The van der Waals surface area contributed by atoms with Gasteiger partial charge >= 0.3 is 0 Å². The quantitative estimate of drug-likeness (QED) is 0.464. The summed E-state index contributed by atoms with van der Waals surface area (Å²) >= 11 is 3.39. The highest BCUT2D eigenvalue weighted by Gasteiger charge is 2.71. The minimum absolute atomic E-state index is 0.225. The first-order chi connectivity index (χ1) is 18.2. The van der Waals surface area contributed by atoms with Crippen LogP contribution >= 0.6 is 15.9 Å². The van der Waals surface area contributed by atoms with Gasteiger partial charge in [0.05, 0.1) is 17.5 Å². The molecule has 192 valence electrons. The summed E-state index contributed by atoms with van der Waals surface area (Å²) in [6.07, 6.45) is 0. The molecule has 1 spiro atoms. The molecule has 4 atom stereocenters. The number of para-hydroxylation sites is 1. The van der Waals surface area contributed by atoms with E-state index < -0.39 is 35.2 Å². The number of fused-ring (bicyclic) bond motifs is 4. The lowest BCUT2D eigenvalue weighted by Crippen LogP contribution is -2.55. The predicted molar refractivity (Wildman–Crippen MR) is 146 cm³/mol. The van der Waals surface area contributed by atoms with Crippen molar-refractivity contribution in [1.82, 2.24) is 5.32 Å². The average molecular weight is 573 g/mol. The van der Waals surface area contributed by atoms with E-state index in [0.717, 1.165) is 10.0 Å². The standard InChI is InChI=1S/C29H25BrN4O4/c1-16-7-11-19(12-8-16)31-23(35)15-33-22-6-4-3-5-21(22)29(28(33)38)25-24(17(2)32-29)26(36)34(27(25)37)20-13-9-18(30)10-14-20/h3-14,17,24-25,32H,15H2,1-2H3,(H,31,35). The normalized spacial score (nSPS) is 25.8. The van der Waals surface area contributed by atoms with Gasteiger partial charge in [0.15, 0.2) is 0 Å². The van der Waals surface area contributed by atoms with E-state index in [1.54, 1.807) is 60.7 Å². The molecule has 38 heavy (non-hydrogen) atoms. The fraction of sp³-hybridized carbons (Fsp3) is 0.241. The molecule has 3 heterocycles. The van der Waals surface area contributed by atoms with Crippen LogP contribution in [0.15, 0.2) is 77.3 Å². The number of benzene rings is 3. The van der Waals surface area contributed by atoms with Crippen molar-refractivity contribution in [3.05, 3.63) is 88.4 Å². The van der Waals surface area contributed by atoms with Crippen molar-refractivity contribution in [2.24, 2.45) is 11.8 Å². The van der Waals surface area contributed by atoms with Crippen molar-refractivity contribution in [2.75, 3.05) is 21.7 Å². The summed E-state index contributed by atoms with van der Waals surface area (Å²) in [7, 11) is 0. The number of nitrogens with one attached hydrogen (secondary N) is 2. The topological polar surface area (TPSA) is 98.8 Å². The van der Waals surface area contributed by atoms with Crippen molar-refractivity contribution >= 4 is 56.6 Å². The van der Waals surface area contributed by atoms with Gasteiger partial charge in [-0.2, -0.15) is 0 Å². The lowest BCUT2D eigenvalue weighted by Gasteiger charge is -2.30. The Morgan fingerprint density at radius 3 is 2.37 bits per heavy atom. The van der Waals surface area contributed by atoms with Crippen LogP contribution in [0.1, 0.15) is 18.1 Å². The predicted octanol–water partition coefficient (Wildman–Crippen LogP) is 3.74. The van der Waals surface area contributed by atoms with Gasteiger partial charge in [0.2, 0.25) is 17.7 Å². The third-order valence-corrected chi connectivity index (χ3v) is 8.26. The highest BCUT2D eigenvalue weighted by Crippen LogP contribution is 2.55. The Labute approximate surface area is 228 Å². The molecule has 3 aliphatic rings. The minimum atomic E-state index is -1.44. The Morgan fingerprint density at radius 2 is 1.66 bits per heavy atom. The summed E-state index contributed by atoms with van der Waals surface area (Å²) in [5, 5.41) is 6.18. The molecule has 6 rings (SSSR count). The molecule has 3 aromatic rings. The molecule has 0 aliphatic carbocycles. The molecule has 8 nitrogen and oxygen atoms in total. The number of rotatable bonds is 4. The third-order valence-electron chi connectivity index (χ3n) is 7.74. The number of carbonyl (C=O) groups excluding carboxylic acids is 4. The van der Waals surface area contributed by atoms with Crippen LogP contribution in [0.25, 0.3) is 0 Å². The zero-order valence-corrected chi connectivity index (χ0v) is 22.4. The van der Waals surface area contributed by atoms with E-state index in [9.17, 15) is 19.2 Å². The summed E-state index contributed by atoms with van der Waals surface area (Å²) in [5.74, 6) is -3.18. The largest absolute Gasteiger partial charge is 0.325 e. The number of hydrogen-bond acceptors (Lipinski definition) is 5. The Morgan fingerprint density at radius 1 is 0.974 bits per heavy atom. The van der Waals surface area contributed by atoms with Gasteiger partial charge in [0.1, 0.15) is 12.1 Å². The third kappa shape index (κ3) is 3.53. The molecule has 2 fully saturated rings. The maximum Gasteiger partial charge on any atom is 0.253 e. The summed E-state index contributed by atoms with van der Waals surface area (Å²) in [5.41, 5.74) is 1.88. The highest BCUT2D eigenvalue weighted by molar-refractivity contribution is 9.10. The van der Waals surface area contributed by atoms with Gasteiger partial charge in [-0.15, -0.1) is 0 Å². The Kier molecular flexibility index (Phi) is 5.73. The van der Waals surface area contributed by atoms with Gasteiger partial charge in [-0.3, -0.25) is 24.5 Å². The van der Waals surface area contributed by atoms with Gasteiger partial charge in [0, 0.05) is 27.5 Å². The van der Waals surface area contributed by atoms with Gasteiger partial charge in [-0.1, -0.05) is 51.8 Å². The smallest absolute Gasteiger partial charge is 0.253 e. The monoisotopic (exact) mass is 572 g/mol. The minimum Gasteiger partial charge on any atom is -0.325 e. The SMILES string of the molecule is Cc1ccc(NC(=O)CN2C(=O)C3(NC(C)C4C(=O)N(c5ccc(Br)cc5)C(=O)C43)c3ccccc32)cc1. The lowest BCUT2D eigenvalue weighted by atomic mass is 9.76. The summed E-state index contributed by atoms with van der Waals surface area (Å²) < 4.78 is 0.825. The number of amides is 4. The molecule has 9 heteroatoms. The Bertz CT molecular complexity index is 1490. The molecule has 0 aromatic heterocycles. The van der Waals surface area contributed by atoms with E-state index >= 15 is 0 Å². The van der Waals surface area contributed by atoms with Crippen LogP contribution in [-0.4, -0.2) is 36.2 Å². The molecule has 4 amide bonds. The van der Waals surface area contributed by atoms with Crippen molar-refractivity contribution in [2.45, 2.75) is 25.4 Å². The van der Waals surface area contributed by atoms with Crippen molar-refractivity contribution in [3.63, 3.8) is 0 Å². The van der Waals surface area contributed by atoms with Crippen molar-refractivity contribution < 1.29 is 19.2 Å². The van der Waals surface area contributed by atoms with E-state index in [1.165, 1.54) is 9.80 Å². The molecule has 0 saturated carbocycles. The number of hydrogen-bond donors (Lipinski definition) is 2. The number of anilines is 3. The van der Waals surface area contributed by atoms with Crippen molar-refractivity contribution in [3.8, 4) is 0 Å². The second-order valence-corrected chi connectivity index (χ2v) is 11.0. The van der Waals surface area contributed by atoms with E-state index in [4.69, 9.17) is 0 Å². The van der Waals surface area contributed by atoms with Gasteiger partial charge < -0.3 is 10.2 Å². The maximum atomic E-state index is 14.2. The van der Waals surface area contributed by atoms with Crippen LogP contribution in [-0.2, 0) is 24.7 Å². The van der Waals surface area contributed by atoms with Gasteiger partial charge in [-0.05, 0) is 56.3 Å². The number of nitrogens with zero attached hydrogens (tertiary/aromatic N) is 2. The second kappa shape index (κ2) is 8.89. The number of carbonyl (C=O) groups is 4. The van der Waals surface area contributed by atoms with Crippen LogP contribution < -0.4 is 20.4 Å². The molecule has 2 N–H and O–H groups in total. The van der Waals surface area contributed by atoms with Crippen LogP contribution in [0.3, 0.4) is 0 Å². The molecular formula is C29H25BrN4O4. The Hall–Kier alpha value is -3.82. The molecule has 0 radical (unpaired) electrons. The lowest BCUT2D eigenvalue weighted by molar-refractivity contribution is -0.132. The van der Waals surface area contributed by atoms with Crippen LogP contribution in [0, 0.1) is 18.8 Å². The van der Waals surface area contributed by atoms with Crippen molar-refractivity contribution in [1.29, 1.82) is 0 Å². The molecule has 2 saturated heterocycles. The first-order valence-corrected chi connectivity index (χ1v) is 13.2. The van der Waals surface area contributed by atoms with Crippen LogP contribution in [0.4, 0.5) is 17.1 Å². The van der Waals surface area contributed by atoms with E-state index in [1.807, 2.05) is 26.0 Å². The molecule has 0 bridgehead atoms. The molecule has 4 unspecified atom stereocenters.